The van der Waals surface area contributed by atoms with Crippen LogP contribution in [-0.2, 0) is 23.9 Å². The van der Waals surface area contributed by atoms with Gasteiger partial charge in [-0.15, -0.1) is 0 Å². The van der Waals surface area contributed by atoms with Crippen molar-refractivity contribution in [2.45, 2.75) is 85.0 Å². The second kappa shape index (κ2) is 14.7. The van der Waals surface area contributed by atoms with Gasteiger partial charge in [-0.2, -0.15) is 12.6 Å². The summed E-state index contributed by atoms with van der Waals surface area (Å²) < 4.78 is 10.2. The predicted octanol–water partition coefficient (Wildman–Crippen LogP) is 3.26. The van der Waals surface area contributed by atoms with Crippen molar-refractivity contribution < 1.29 is 33.8 Å². The van der Waals surface area contributed by atoms with Gasteiger partial charge in [-0.1, -0.05) is 13.0 Å². The average molecular weight is 540 g/mol. The first-order chi connectivity index (χ1) is 17.2. The molecule has 37 heavy (non-hydrogen) atoms. The Morgan fingerprint density at radius 1 is 1.16 bits per heavy atom. The Morgan fingerprint density at radius 2 is 1.81 bits per heavy atom. The summed E-state index contributed by atoms with van der Waals surface area (Å²) in [5, 5.41) is 15.3. The number of nitrogens with one attached hydrogen (secondary N) is 2. The number of phenolic OH excluding ortho intramolecular Hbond substituents is 1. The zero-order chi connectivity index (χ0) is 28.3. The molecular weight excluding hydrogens is 498 g/mol. The number of aromatic hydroxyl groups is 1. The van der Waals surface area contributed by atoms with E-state index >= 15 is 0 Å². The van der Waals surface area contributed by atoms with Crippen LogP contribution in [0, 0.1) is 6.92 Å². The Morgan fingerprint density at radius 3 is 2.32 bits per heavy atom. The highest BCUT2D eigenvalue weighted by Gasteiger charge is 2.38. The third-order valence-electron chi connectivity index (χ3n) is 5.49. The van der Waals surface area contributed by atoms with Gasteiger partial charge in [0.1, 0.15) is 23.4 Å². The van der Waals surface area contributed by atoms with Gasteiger partial charge in [-0.3, -0.25) is 14.4 Å². The standard InChI is InChI=1S/C26H41N3O7S/c1-8-17(4)29(24(33)19(15-37)28-25(34)36-26(5,6)7)22(18-10-11-20(30)16(3)14-18)23(32)27-13-12-21(31)35-9-2/h10-11,14,17,19,22,30,37H,8-9,12-13,15H2,1-7H3,(H,27,32)(H,28,34). The molecule has 0 fully saturated rings. The number of amides is 3. The molecule has 3 amide bonds. The van der Waals surface area contributed by atoms with Gasteiger partial charge in [0.2, 0.25) is 11.8 Å². The molecule has 0 bridgehead atoms. The van der Waals surface area contributed by atoms with E-state index in [-0.39, 0.29) is 31.1 Å². The quantitative estimate of drug-likeness (QED) is 0.237. The third kappa shape index (κ3) is 10.1. The fraction of sp³-hybridized carbons (Fsp3) is 0.615. The number of nitrogens with zero attached hydrogens (tertiary/aromatic N) is 1. The molecule has 0 saturated carbocycles. The van der Waals surface area contributed by atoms with Gasteiger partial charge < -0.3 is 30.1 Å². The number of carbonyl (C=O) groups is 4. The van der Waals surface area contributed by atoms with Gasteiger partial charge in [0, 0.05) is 18.3 Å². The van der Waals surface area contributed by atoms with E-state index in [0.29, 0.717) is 17.5 Å². The number of carbonyl (C=O) groups excluding carboxylic acids is 4. The maximum absolute atomic E-state index is 13.8. The van der Waals surface area contributed by atoms with Gasteiger partial charge >= 0.3 is 12.1 Å². The third-order valence-corrected chi connectivity index (χ3v) is 5.85. The molecule has 0 radical (unpaired) electrons. The van der Waals surface area contributed by atoms with Crippen LogP contribution in [0.2, 0.25) is 0 Å². The van der Waals surface area contributed by atoms with Crippen LogP contribution in [0.15, 0.2) is 18.2 Å². The fourth-order valence-corrected chi connectivity index (χ4v) is 3.76. The minimum Gasteiger partial charge on any atom is -0.508 e. The molecule has 1 aromatic carbocycles. The van der Waals surface area contributed by atoms with Gasteiger partial charge in [0.25, 0.3) is 0 Å². The first-order valence-electron chi connectivity index (χ1n) is 12.4. The normalized spacial score (nSPS) is 13.6. The molecule has 11 heteroatoms. The molecule has 0 aromatic heterocycles. The van der Waals surface area contributed by atoms with Crippen LogP contribution in [-0.4, -0.2) is 70.5 Å². The number of phenols is 1. The lowest BCUT2D eigenvalue weighted by Crippen LogP contribution is -2.56. The average Bonchev–Trinajstić information content (AvgIpc) is 2.80. The van der Waals surface area contributed by atoms with E-state index in [1.807, 2.05) is 6.92 Å². The second-order valence-corrected chi connectivity index (χ2v) is 10.0. The summed E-state index contributed by atoms with van der Waals surface area (Å²) in [4.78, 5) is 52.9. The molecular formula is C26H41N3O7S. The molecule has 1 aromatic rings. The van der Waals surface area contributed by atoms with E-state index in [1.54, 1.807) is 53.7 Å². The van der Waals surface area contributed by atoms with Crippen LogP contribution in [0.3, 0.4) is 0 Å². The topological polar surface area (TPSA) is 134 Å². The molecule has 1 rings (SSSR count). The maximum Gasteiger partial charge on any atom is 0.408 e. The van der Waals surface area contributed by atoms with Crippen molar-refractivity contribution in [1.29, 1.82) is 0 Å². The van der Waals surface area contributed by atoms with Crippen LogP contribution in [0.25, 0.3) is 0 Å². The van der Waals surface area contributed by atoms with Crippen LogP contribution < -0.4 is 10.6 Å². The predicted molar refractivity (Wildman–Crippen MR) is 143 cm³/mol. The van der Waals surface area contributed by atoms with E-state index in [2.05, 4.69) is 23.3 Å². The number of ether oxygens (including phenoxy) is 2. The fourth-order valence-electron chi connectivity index (χ4n) is 3.52. The van der Waals surface area contributed by atoms with E-state index in [4.69, 9.17) is 9.47 Å². The molecule has 3 unspecified atom stereocenters. The Bertz CT molecular complexity index is 949. The molecule has 0 aliphatic rings. The molecule has 0 aliphatic heterocycles. The van der Waals surface area contributed by atoms with Gasteiger partial charge in [-0.05, 0) is 71.2 Å². The Balaban J connectivity index is 3.40. The Hall–Kier alpha value is -2.95. The largest absolute Gasteiger partial charge is 0.508 e. The summed E-state index contributed by atoms with van der Waals surface area (Å²) in [5.41, 5.74) is 0.221. The number of esters is 1. The first-order valence-corrected chi connectivity index (χ1v) is 13.0. The molecule has 3 atom stereocenters. The maximum atomic E-state index is 13.8. The van der Waals surface area contributed by atoms with Crippen molar-refractivity contribution in [2.24, 2.45) is 0 Å². The first kappa shape index (κ1) is 32.1. The second-order valence-electron chi connectivity index (χ2n) is 9.68. The number of alkyl carbamates (subject to hydrolysis) is 1. The van der Waals surface area contributed by atoms with Crippen LogP contribution in [0.1, 0.15) is 71.6 Å². The summed E-state index contributed by atoms with van der Waals surface area (Å²) in [6.07, 6.45) is -0.293. The molecule has 0 aliphatic carbocycles. The summed E-state index contributed by atoms with van der Waals surface area (Å²) in [7, 11) is 0. The number of aryl methyl sites for hydroxylation is 1. The lowest BCUT2D eigenvalue weighted by Gasteiger charge is -2.38. The lowest BCUT2D eigenvalue weighted by atomic mass is 9.98. The van der Waals surface area contributed by atoms with Crippen LogP contribution in [0.5, 0.6) is 5.75 Å². The molecule has 10 nitrogen and oxygen atoms in total. The van der Waals surface area contributed by atoms with Crippen LogP contribution >= 0.6 is 12.6 Å². The van der Waals surface area contributed by atoms with Gasteiger partial charge in [-0.25, -0.2) is 4.79 Å². The smallest absolute Gasteiger partial charge is 0.408 e. The highest BCUT2D eigenvalue weighted by atomic mass is 32.1. The number of rotatable bonds is 12. The zero-order valence-electron chi connectivity index (χ0n) is 22.8. The van der Waals surface area contributed by atoms with Crippen molar-refractivity contribution in [3.8, 4) is 5.75 Å². The summed E-state index contributed by atoms with van der Waals surface area (Å²) >= 11 is 4.27. The number of hydrogen-bond donors (Lipinski definition) is 4. The highest BCUT2D eigenvalue weighted by Crippen LogP contribution is 2.29. The number of benzene rings is 1. The highest BCUT2D eigenvalue weighted by molar-refractivity contribution is 7.80. The molecule has 0 saturated heterocycles. The van der Waals surface area contributed by atoms with E-state index in [1.165, 1.54) is 11.0 Å². The van der Waals surface area contributed by atoms with Gasteiger partial charge in [0.15, 0.2) is 0 Å². The van der Waals surface area contributed by atoms with Crippen molar-refractivity contribution in [2.75, 3.05) is 18.9 Å². The molecule has 0 spiro atoms. The van der Waals surface area contributed by atoms with Crippen molar-refractivity contribution >= 4 is 36.5 Å². The molecule has 3 N–H and O–H groups in total. The lowest BCUT2D eigenvalue weighted by molar-refractivity contribution is -0.145. The van der Waals surface area contributed by atoms with Crippen LogP contribution in [0.4, 0.5) is 4.79 Å². The Kier molecular flexibility index (Phi) is 12.7. The minimum absolute atomic E-state index is 0.0138. The van der Waals surface area contributed by atoms with Crippen molar-refractivity contribution in [3.63, 3.8) is 0 Å². The van der Waals surface area contributed by atoms with E-state index in [0.717, 1.165) is 0 Å². The molecule has 0 heterocycles. The monoisotopic (exact) mass is 539 g/mol. The molecule has 208 valence electrons. The van der Waals surface area contributed by atoms with Crippen molar-refractivity contribution in [3.05, 3.63) is 29.3 Å². The Labute approximate surface area is 224 Å². The van der Waals surface area contributed by atoms with E-state index < -0.39 is 47.6 Å². The zero-order valence-corrected chi connectivity index (χ0v) is 23.7. The number of thiol groups is 1. The van der Waals surface area contributed by atoms with Crippen molar-refractivity contribution in [1.82, 2.24) is 15.5 Å². The van der Waals surface area contributed by atoms with Gasteiger partial charge in [0.05, 0.1) is 13.0 Å². The minimum atomic E-state index is -1.10. The summed E-state index contributed by atoms with van der Waals surface area (Å²) in [5.74, 6) is -1.47. The SMILES string of the molecule is CCOC(=O)CCNC(=O)C(c1ccc(O)c(C)c1)N(C(=O)C(CS)NC(=O)OC(C)(C)C)C(C)CC. The summed E-state index contributed by atoms with van der Waals surface area (Å²) in [6, 6.07) is 2.07. The number of hydrogen-bond acceptors (Lipinski definition) is 8. The summed E-state index contributed by atoms with van der Waals surface area (Å²) in [6.45, 7) is 12.4. The van der Waals surface area contributed by atoms with E-state index in [9.17, 15) is 24.3 Å².